The van der Waals surface area contributed by atoms with Gasteiger partial charge in [0.05, 0.1) is 10.8 Å². The van der Waals surface area contributed by atoms with Crippen molar-refractivity contribution in [2.75, 3.05) is 0 Å². The molecule has 0 aromatic carbocycles. The van der Waals surface area contributed by atoms with Crippen LogP contribution in [-0.2, 0) is 4.79 Å². The molecule has 0 aliphatic heterocycles. The van der Waals surface area contributed by atoms with Crippen LogP contribution in [0.15, 0.2) is 0 Å². The van der Waals surface area contributed by atoms with Gasteiger partial charge in [-0.25, -0.2) is 0 Å². The molecule has 0 spiro atoms. The lowest BCUT2D eigenvalue weighted by atomic mass is 10.2. The zero-order valence-electron chi connectivity index (χ0n) is 5.55. The molecule has 12 heavy (non-hydrogen) atoms. The first-order valence-corrected chi connectivity index (χ1v) is 4.99. The van der Waals surface area contributed by atoms with E-state index in [4.69, 9.17) is 63.1 Å². The maximum Gasteiger partial charge on any atom is 0.323 e. The lowest BCUT2D eigenvalue weighted by Gasteiger charge is -2.18. The fourth-order valence-corrected chi connectivity index (χ4v) is 1.53. The van der Waals surface area contributed by atoms with Crippen LogP contribution in [-0.4, -0.2) is 32.0 Å². The van der Waals surface area contributed by atoms with Crippen LogP contribution in [0.3, 0.4) is 0 Å². The number of hydrogen-bond acceptors (Lipinski definition) is 1. The molecule has 7 heteroatoms. The van der Waals surface area contributed by atoms with Gasteiger partial charge in [-0.1, -0.05) is 0 Å². The smallest absolute Gasteiger partial charge is 0.323 e. The lowest BCUT2D eigenvalue weighted by Crippen LogP contribution is -2.34. The Bertz CT molecular complexity index is 162. The third-order valence-corrected chi connectivity index (χ3v) is 3.62. The quantitative estimate of drug-likeness (QED) is 0.800. The second-order valence-corrected chi connectivity index (χ2v) is 4.61. The van der Waals surface area contributed by atoms with Crippen molar-refractivity contribution in [3.63, 3.8) is 0 Å². The topological polar surface area (TPSA) is 37.3 Å². The average Bonchev–Trinajstić information content (AvgIpc) is 2.00. The highest BCUT2D eigenvalue weighted by atomic mass is 35.5. The monoisotopic (exact) mass is 272 g/mol. The largest absolute Gasteiger partial charge is 0.480 e. The molecule has 0 aliphatic carbocycles. The predicted octanol–water partition coefficient (Wildman–Crippen LogP) is 2.70. The molecule has 0 bridgehead atoms. The van der Waals surface area contributed by atoms with E-state index in [9.17, 15) is 4.79 Å². The molecule has 0 radical (unpaired) electrons. The van der Waals surface area contributed by atoms with Crippen LogP contribution in [0, 0.1) is 0 Å². The van der Waals surface area contributed by atoms with Gasteiger partial charge >= 0.3 is 5.97 Å². The standard InChI is InChI=1S/C5H5Cl5O2/c6-1(2(7)4(9)10)3(8)5(11)12/h1-4H,(H,11,12). The van der Waals surface area contributed by atoms with Crippen molar-refractivity contribution >= 4 is 64.0 Å². The second kappa shape index (κ2) is 5.61. The van der Waals surface area contributed by atoms with Gasteiger partial charge < -0.3 is 5.11 Å². The van der Waals surface area contributed by atoms with E-state index < -0.39 is 26.9 Å². The maximum absolute atomic E-state index is 10.3. The van der Waals surface area contributed by atoms with Gasteiger partial charge in [-0.2, -0.15) is 0 Å². The molecule has 0 rings (SSSR count). The van der Waals surface area contributed by atoms with Crippen LogP contribution in [0.25, 0.3) is 0 Å². The molecule has 0 amide bonds. The van der Waals surface area contributed by atoms with Gasteiger partial charge in [0.1, 0.15) is 10.2 Å². The van der Waals surface area contributed by atoms with Crippen molar-refractivity contribution in [1.82, 2.24) is 0 Å². The summed E-state index contributed by atoms with van der Waals surface area (Å²) in [4.78, 5) is 9.36. The van der Waals surface area contributed by atoms with E-state index in [1.807, 2.05) is 0 Å². The van der Waals surface area contributed by atoms with E-state index in [1.54, 1.807) is 0 Å². The van der Waals surface area contributed by atoms with Gasteiger partial charge in [0.15, 0.2) is 0 Å². The normalized spacial score (nSPS) is 18.8. The number of rotatable bonds is 4. The van der Waals surface area contributed by atoms with Crippen LogP contribution in [0.1, 0.15) is 0 Å². The average molecular weight is 274 g/mol. The third kappa shape index (κ3) is 3.75. The first-order chi connectivity index (χ1) is 5.37. The molecule has 3 unspecified atom stereocenters. The Morgan fingerprint density at radius 2 is 1.42 bits per heavy atom. The molecule has 0 heterocycles. The van der Waals surface area contributed by atoms with Crippen molar-refractivity contribution < 1.29 is 9.90 Å². The number of aliphatic carboxylic acids is 1. The Morgan fingerprint density at radius 1 is 1.00 bits per heavy atom. The highest BCUT2D eigenvalue weighted by Crippen LogP contribution is 2.26. The van der Waals surface area contributed by atoms with Gasteiger partial charge in [0.25, 0.3) is 0 Å². The summed E-state index contributed by atoms with van der Waals surface area (Å²) in [5.74, 6) is -1.25. The molecular weight excluding hydrogens is 269 g/mol. The molecule has 1 N–H and O–H groups in total. The summed E-state index contributed by atoms with van der Waals surface area (Å²) < 4.78 is 0. The Morgan fingerprint density at radius 3 is 1.67 bits per heavy atom. The van der Waals surface area contributed by atoms with E-state index in [1.165, 1.54) is 0 Å². The van der Waals surface area contributed by atoms with Gasteiger partial charge in [-0.05, 0) is 0 Å². The summed E-state index contributed by atoms with van der Waals surface area (Å²) in [6.07, 6.45) is 0. The lowest BCUT2D eigenvalue weighted by molar-refractivity contribution is -0.136. The molecule has 0 saturated heterocycles. The SMILES string of the molecule is O=C(O)C(Cl)C(Cl)C(Cl)C(Cl)Cl. The van der Waals surface area contributed by atoms with Gasteiger partial charge in [0, 0.05) is 0 Å². The number of carbonyl (C=O) groups is 1. The predicted molar refractivity (Wildman–Crippen MR) is 52.1 cm³/mol. The van der Waals surface area contributed by atoms with Gasteiger partial charge in [-0.3, -0.25) is 4.79 Å². The summed E-state index contributed by atoms with van der Waals surface area (Å²) in [6.45, 7) is 0. The summed E-state index contributed by atoms with van der Waals surface area (Å²) in [5, 5.41) is 5.22. The zero-order valence-corrected chi connectivity index (χ0v) is 9.33. The van der Waals surface area contributed by atoms with Crippen LogP contribution in [0.4, 0.5) is 0 Å². The minimum Gasteiger partial charge on any atom is -0.480 e. The Hall–Kier alpha value is 0.920. The Balaban J connectivity index is 4.18. The molecule has 0 aliphatic rings. The third-order valence-electron chi connectivity index (χ3n) is 1.06. The van der Waals surface area contributed by atoms with E-state index in [0.29, 0.717) is 0 Å². The molecule has 0 fully saturated rings. The molecule has 0 aromatic rings. The highest BCUT2D eigenvalue weighted by molar-refractivity contribution is 6.50. The zero-order chi connectivity index (χ0) is 9.89. The first-order valence-electron chi connectivity index (χ1n) is 2.81. The molecule has 0 saturated carbocycles. The van der Waals surface area contributed by atoms with Gasteiger partial charge in [-0.15, -0.1) is 58.0 Å². The van der Waals surface area contributed by atoms with E-state index in [2.05, 4.69) is 0 Å². The van der Waals surface area contributed by atoms with E-state index in [-0.39, 0.29) is 0 Å². The molecule has 72 valence electrons. The van der Waals surface area contributed by atoms with E-state index in [0.717, 1.165) is 0 Å². The van der Waals surface area contributed by atoms with Crippen LogP contribution in [0.5, 0.6) is 0 Å². The molecule has 2 nitrogen and oxygen atoms in total. The summed E-state index contributed by atoms with van der Waals surface area (Å²) in [5.41, 5.74) is 0. The fourth-order valence-electron chi connectivity index (χ4n) is 0.437. The van der Waals surface area contributed by atoms with Crippen LogP contribution in [0.2, 0.25) is 0 Å². The number of alkyl halides is 5. The highest BCUT2D eigenvalue weighted by Gasteiger charge is 2.33. The van der Waals surface area contributed by atoms with Crippen molar-refractivity contribution in [2.45, 2.75) is 21.0 Å². The van der Waals surface area contributed by atoms with Crippen molar-refractivity contribution in [2.24, 2.45) is 0 Å². The summed E-state index contributed by atoms with van der Waals surface area (Å²) in [7, 11) is 0. The molecular formula is C5H5Cl5O2. The van der Waals surface area contributed by atoms with Crippen LogP contribution >= 0.6 is 58.0 Å². The summed E-state index contributed by atoms with van der Waals surface area (Å²) >= 11 is 27.2. The second-order valence-electron chi connectivity index (χ2n) is 1.96. The fraction of sp³-hybridized carbons (Fsp3) is 0.800. The number of halogens is 5. The Kier molecular flexibility index (Phi) is 6.04. The Labute approximate surface area is 94.7 Å². The first kappa shape index (κ1) is 12.9. The summed E-state index contributed by atoms with van der Waals surface area (Å²) in [6, 6.07) is 0. The van der Waals surface area contributed by atoms with E-state index >= 15 is 0 Å². The molecule has 0 aromatic heterocycles. The van der Waals surface area contributed by atoms with Crippen molar-refractivity contribution in [1.29, 1.82) is 0 Å². The number of carboxylic acid groups (broad SMARTS) is 1. The number of hydrogen-bond donors (Lipinski definition) is 1. The number of carboxylic acids is 1. The van der Waals surface area contributed by atoms with Crippen LogP contribution < -0.4 is 0 Å². The maximum atomic E-state index is 10.3. The van der Waals surface area contributed by atoms with Crippen molar-refractivity contribution in [3.8, 4) is 0 Å². The van der Waals surface area contributed by atoms with Gasteiger partial charge in [0.2, 0.25) is 0 Å². The van der Waals surface area contributed by atoms with Crippen molar-refractivity contribution in [3.05, 3.63) is 0 Å². The minimum absolute atomic E-state index is 0.895. The molecule has 3 atom stereocenters. The minimum atomic E-state index is -1.30.